The van der Waals surface area contributed by atoms with E-state index in [4.69, 9.17) is 0 Å². The molecule has 438 valence electrons. The predicted molar refractivity (Wildman–Crippen MR) is 393 cm³/mol. The molecule has 0 amide bonds. The van der Waals surface area contributed by atoms with Crippen molar-refractivity contribution in [1.82, 2.24) is 0 Å². The van der Waals surface area contributed by atoms with E-state index in [9.17, 15) is 0 Å². The van der Waals surface area contributed by atoms with Crippen LogP contribution in [-0.4, -0.2) is 6.71 Å². The smallest absolute Gasteiger partial charge is 0.252 e. The van der Waals surface area contributed by atoms with E-state index in [1.165, 1.54) is 155 Å². The topological polar surface area (TPSA) is 6.48 Å². The lowest BCUT2D eigenvalue weighted by Crippen LogP contribution is -2.61. The van der Waals surface area contributed by atoms with Crippen molar-refractivity contribution in [3.05, 3.63) is 296 Å². The average Bonchev–Trinajstić information content (AvgIpc) is 0.692. The van der Waals surface area contributed by atoms with Gasteiger partial charge in [0.15, 0.2) is 0 Å². The highest BCUT2D eigenvalue weighted by Crippen LogP contribution is 2.56. The predicted octanol–water partition coefficient (Wildman–Crippen LogP) is 22.6. The normalized spacial score (nSPS) is 13.0. The molecule has 3 heteroatoms. The lowest BCUT2D eigenvalue weighted by molar-refractivity contribution is 0.590. The van der Waals surface area contributed by atoms with Gasteiger partial charge in [-0.1, -0.05) is 293 Å². The summed E-state index contributed by atoms with van der Waals surface area (Å²) in [6, 6.07) is 106. The van der Waals surface area contributed by atoms with Crippen molar-refractivity contribution in [2.45, 2.75) is 78.6 Å². The van der Waals surface area contributed by atoms with Gasteiger partial charge in [0.05, 0.1) is 11.4 Å². The Morgan fingerprint density at radius 2 is 0.648 bits per heavy atom. The zero-order valence-corrected chi connectivity index (χ0v) is 53.5. The van der Waals surface area contributed by atoms with E-state index < -0.39 is 0 Å². The zero-order valence-electron chi connectivity index (χ0n) is 53.5. The van der Waals surface area contributed by atoms with E-state index in [1.807, 2.05) is 0 Å². The number of hydrogen-bond acceptors (Lipinski definition) is 2. The number of benzene rings is 14. The summed E-state index contributed by atoms with van der Waals surface area (Å²) in [5.74, 6) is 0. The minimum Gasteiger partial charge on any atom is -0.310 e. The molecule has 0 N–H and O–H groups in total. The van der Waals surface area contributed by atoms with Crippen molar-refractivity contribution in [1.29, 1.82) is 0 Å². The minimum atomic E-state index is -0.277. The van der Waals surface area contributed by atoms with Gasteiger partial charge in [0.1, 0.15) is 0 Å². The average molecular weight is 1170 g/mol. The van der Waals surface area contributed by atoms with Crippen LogP contribution in [0.1, 0.15) is 79.0 Å². The van der Waals surface area contributed by atoms with Gasteiger partial charge in [-0.15, -0.1) is 0 Å². The molecule has 0 saturated carbocycles. The van der Waals surface area contributed by atoms with Crippen LogP contribution in [0.2, 0.25) is 0 Å². The van der Waals surface area contributed by atoms with Crippen LogP contribution in [0.15, 0.2) is 279 Å². The molecule has 0 unspecified atom stereocenters. The number of fused-ring (bicyclic) bond motifs is 4. The summed E-state index contributed by atoms with van der Waals surface area (Å²) in [5.41, 5.74) is 28.3. The number of anilines is 6. The number of hydrogen-bond donors (Lipinski definition) is 0. The van der Waals surface area contributed by atoms with E-state index in [1.54, 1.807) is 0 Å². The van der Waals surface area contributed by atoms with Crippen LogP contribution in [0.3, 0.4) is 0 Å². The van der Waals surface area contributed by atoms with E-state index in [0.717, 1.165) is 11.4 Å². The van der Waals surface area contributed by atoms with E-state index >= 15 is 0 Å². The van der Waals surface area contributed by atoms with Crippen molar-refractivity contribution in [3.63, 3.8) is 0 Å². The molecule has 0 radical (unpaired) electrons. The van der Waals surface area contributed by atoms with Crippen molar-refractivity contribution in [2.75, 3.05) is 9.80 Å². The van der Waals surface area contributed by atoms with Crippen LogP contribution >= 0.6 is 0 Å². The van der Waals surface area contributed by atoms with Crippen molar-refractivity contribution >= 4 is 89.5 Å². The molecule has 0 aliphatic carbocycles. The molecule has 0 fully saturated rings. The zero-order chi connectivity index (χ0) is 62.1. The lowest BCUT2D eigenvalue weighted by Gasteiger charge is -2.47. The van der Waals surface area contributed by atoms with Gasteiger partial charge in [0.2, 0.25) is 0 Å². The molecule has 14 aromatic carbocycles. The van der Waals surface area contributed by atoms with Gasteiger partial charge in [0.25, 0.3) is 6.71 Å². The highest BCUT2D eigenvalue weighted by molar-refractivity contribution is 7.00. The first-order chi connectivity index (χ1) is 44.0. The standard InChI is InChI=1S/C88H73BN2/c1-86(2,3)66-50-71(57-28-17-11-18-29-57)84(72(51-66)58-30-19-12-20-31-58)90-77-47-43-64(56-26-15-10-16-27-56)48-76(77)89-75-46-42-65(69-44-40-63-39-38-61-36-25-37-62-41-45-70(69)82(63)81(61)62)49-78(75)91(80-55-68(88(7,8)9)54-79(90)83(80)89)85-73(59-32-21-13-22-33-59)52-67(87(4,5)6)53-74(85)60-34-23-14-24-35-60/h10-55H,1-9H3. The molecule has 2 heterocycles. The Bertz CT molecular complexity index is 5010. The summed E-state index contributed by atoms with van der Waals surface area (Å²) < 4.78 is 0. The van der Waals surface area contributed by atoms with Crippen LogP contribution in [-0.2, 0) is 16.2 Å². The molecule has 91 heavy (non-hydrogen) atoms. The molecule has 0 saturated heterocycles. The fraction of sp³-hybridized carbons (Fsp3) is 0.136. The van der Waals surface area contributed by atoms with Gasteiger partial charge in [0, 0.05) is 45.0 Å². The molecule has 16 rings (SSSR count). The molecule has 2 aliphatic heterocycles. The summed E-state index contributed by atoms with van der Waals surface area (Å²) in [4.78, 5) is 5.44. The quantitative estimate of drug-likeness (QED) is 0.111. The van der Waals surface area contributed by atoms with Gasteiger partial charge >= 0.3 is 0 Å². The van der Waals surface area contributed by atoms with E-state index in [-0.39, 0.29) is 23.0 Å². The first-order valence-corrected chi connectivity index (χ1v) is 32.4. The Morgan fingerprint density at radius 3 is 1.11 bits per heavy atom. The molecule has 14 aromatic rings. The second-order valence-electron chi connectivity index (χ2n) is 28.5. The molecular weight excluding hydrogens is 1100 g/mol. The summed E-state index contributed by atoms with van der Waals surface area (Å²) in [5, 5.41) is 7.70. The Labute approximate surface area is 537 Å². The monoisotopic (exact) mass is 1170 g/mol. The van der Waals surface area contributed by atoms with E-state index in [2.05, 4.69) is 351 Å². The Kier molecular flexibility index (Phi) is 13.1. The Balaban J connectivity index is 1.09. The number of rotatable bonds is 8. The highest BCUT2D eigenvalue weighted by atomic mass is 15.2. The fourth-order valence-corrected chi connectivity index (χ4v) is 14.8. The van der Waals surface area contributed by atoms with Gasteiger partial charge in [-0.25, -0.2) is 0 Å². The Hall–Kier alpha value is -10.2. The van der Waals surface area contributed by atoms with Crippen LogP contribution in [0.4, 0.5) is 34.1 Å². The second-order valence-corrected chi connectivity index (χ2v) is 28.5. The maximum absolute atomic E-state index is 2.74. The molecule has 0 atom stereocenters. The third-order valence-electron chi connectivity index (χ3n) is 19.6. The van der Waals surface area contributed by atoms with Gasteiger partial charge in [-0.2, -0.15) is 0 Å². The van der Waals surface area contributed by atoms with Crippen molar-refractivity contribution in [2.24, 2.45) is 0 Å². The maximum Gasteiger partial charge on any atom is 0.252 e. The Morgan fingerprint density at radius 1 is 0.253 bits per heavy atom. The van der Waals surface area contributed by atoms with Crippen molar-refractivity contribution in [3.8, 4) is 66.8 Å². The largest absolute Gasteiger partial charge is 0.310 e. The van der Waals surface area contributed by atoms with Crippen LogP contribution in [0, 0.1) is 0 Å². The molecular formula is C88H73BN2. The summed E-state index contributed by atoms with van der Waals surface area (Å²) in [7, 11) is 0. The third-order valence-corrected chi connectivity index (χ3v) is 19.6. The van der Waals surface area contributed by atoms with Crippen LogP contribution in [0.5, 0.6) is 0 Å². The van der Waals surface area contributed by atoms with E-state index in [0.29, 0.717) is 0 Å². The molecule has 2 nitrogen and oxygen atoms in total. The molecule has 0 bridgehead atoms. The molecule has 2 aliphatic rings. The fourth-order valence-electron chi connectivity index (χ4n) is 14.8. The summed E-state index contributed by atoms with van der Waals surface area (Å²) in [6.45, 7) is 21.1. The number of nitrogens with zero attached hydrogens (tertiary/aromatic N) is 2. The third kappa shape index (κ3) is 9.39. The SMILES string of the molecule is CC(C)(C)c1cc(-c2ccccc2)c(N2c3ccc(-c4ccccc4)cc3B3c4ccc(-c5ccc6ccc7cccc8ccc5c6c78)cc4N(c4c(-c5ccccc5)cc(C(C)(C)C)cc4-c4ccccc4)c4cc(C(C)(C)C)cc2c43)c(-c2ccccc2)c1. The first kappa shape index (κ1) is 56.1. The molecule has 0 aromatic heterocycles. The summed E-state index contributed by atoms with van der Waals surface area (Å²) in [6.07, 6.45) is 0. The van der Waals surface area contributed by atoms with Crippen molar-refractivity contribution < 1.29 is 0 Å². The second kappa shape index (κ2) is 21.2. The molecule has 0 spiro atoms. The van der Waals surface area contributed by atoms with Gasteiger partial charge in [-0.05, 0) is 175 Å². The lowest BCUT2D eigenvalue weighted by atomic mass is 9.33. The van der Waals surface area contributed by atoms with Gasteiger partial charge in [-0.3, -0.25) is 0 Å². The minimum absolute atomic E-state index is 0.150. The summed E-state index contributed by atoms with van der Waals surface area (Å²) >= 11 is 0. The van der Waals surface area contributed by atoms with Crippen LogP contribution in [0.25, 0.3) is 99.1 Å². The van der Waals surface area contributed by atoms with Crippen LogP contribution < -0.4 is 26.2 Å². The van der Waals surface area contributed by atoms with Gasteiger partial charge < -0.3 is 9.80 Å². The first-order valence-electron chi connectivity index (χ1n) is 32.4. The highest BCUT2D eigenvalue weighted by Gasteiger charge is 2.46. The maximum atomic E-state index is 2.74.